The molecule has 3 aliphatic rings. The normalized spacial score (nSPS) is 19.5. The number of hydrogen-bond donors (Lipinski definition) is 2. The number of anilines is 5. The van der Waals surface area contributed by atoms with Crippen LogP contribution >= 0.6 is 0 Å². The first-order valence-electron chi connectivity index (χ1n) is 15.2. The van der Waals surface area contributed by atoms with Crippen LogP contribution in [0.25, 0.3) is 0 Å². The van der Waals surface area contributed by atoms with Gasteiger partial charge >= 0.3 is 0 Å². The van der Waals surface area contributed by atoms with Gasteiger partial charge in [0.25, 0.3) is 0 Å². The second-order valence-electron chi connectivity index (χ2n) is 11.2. The van der Waals surface area contributed by atoms with Crippen molar-refractivity contribution in [3.63, 3.8) is 0 Å². The number of nitrogens with one attached hydrogen (secondary N) is 2. The summed E-state index contributed by atoms with van der Waals surface area (Å²) < 4.78 is 11.4. The molecular formula is C32H40N8O4. The van der Waals surface area contributed by atoms with E-state index in [1.54, 1.807) is 7.11 Å². The van der Waals surface area contributed by atoms with Crippen LogP contribution in [0.4, 0.5) is 28.7 Å². The van der Waals surface area contributed by atoms with Crippen molar-refractivity contribution >= 4 is 34.6 Å². The van der Waals surface area contributed by atoms with Gasteiger partial charge in [0, 0.05) is 62.7 Å². The number of aromatic nitrogens is 3. The molecule has 3 saturated heterocycles. The minimum atomic E-state index is -0.280. The summed E-state index contributed by atoms with van der Waals surface area (Å²) in [6.45, 7) is 11.5. The van der Waals surface area contributed by atoms with E-state index < -0.39 is 0 Å². The van der Waals surface area contributed by atoms with E-state index in [1.165, 1.54) is 12.4 Å². The summed E-state index contributed by atoms with van der Waals surface area (Å²) in [5, 5.41) is 8.20. The van der Waals surface area contributed by atoms with Gasteiger partial charge in [0.2, 0.25) is 5.91 Å². The van der Waals surface area contributed by atoms with Crippen LogP contribution in [0.15, 0.2) is 55.5 Å². The molecule has 0 bridgehead atoms. The molecule has 6 rings (SSSR count). The van der Waals surface area contributed by atoms with Crippen LogP contribution in [0.1, 0.15) is 36.6 Å². The number of ether oxygens (including phenoxy) is 2. The average molecular weight is 601 g/mol. The van der Waals surface area contributed by atoms with Gasteiger partial charge in [-0.3, -0.25) is 19.5 Å². The number of hydrogen-bond acceptors (Lipinski definition) is 11. The molecule has 0 spiro atoms. The average Bonchev–Trinajstić information content (AvgIpc) is 3.56. The maximum atomic E-state index is 12.5. The summed E-state index contributed by atoms with van der Waals surface area (Å²) in [5.74, 6) is 1.54. The van der Waals surface area contributed by atoms with Crippen LogP contribution in [0, 0.1) is 6.92 Å². The fraction of sp³-hybridized carbons (Fsp3) is 0.438. The summed E-state index contributed by atoms with van der Waals surface area (Å²) in [7, 11) is 1.64. The molecule has 2 N–H and O–H groups in total. The topological polar surface area (TPSA) is 117 Å². The van der Waals surface area contributed by atoms with E-state index in [1.807, 2.05) is 42.4 Å². The lowest BCUT2D eigenvalue weighted by Gasteiger charge is -2.41. The van der Waals surface area contributed by atoms with E-state index in [-0.39, 0.29) is 11.9 Å². The lowest BCUT2D eigenvalue weighted by molar-refractivity contribution is -0.111. The molecular weight excluding hydrogens is 560 g/mol. The van der Waals surface area contributed by atoms with Crippen molar-refractivity contribution in [3.05, 3.63) is 66.8 Å². The molecule has 12 heteroatoms. The first-order chi connectivity index (χ1) is 21.5. The predicted octanol–water partition coefficient (Wildman–Crippen LogP) is 4.24. The number of carbonyl (C=O) groups excluding carboxylic acids is 1. The highest BCUT2D eigenvalue weighted by Crippen LogP contribution is 2.40. The van der Waals surface area contributed by atoms with Crippen LogP contribution in [0.3, 0.4) is 0 Å². The predicted molar refractivity (Wildman–Crippen MR) is 170 cm³/mol. The molecule has 3 fully saturated rings. The number of pyridine rings is 1. The van der Waals surface area contributed by atoms with Crippen molar-refractivity contribution < 1.29 is 19.1 Å². The number of carbonyl (C=O) groups is 1. The van der Waals surface area contributed by atoms with Gasteiger partial charge in [-0.05, 0) is 43.5 Å². The highest BCUT2D eigenvalue weighted by Gasteiger charge is 2.30. The first kappa shape index (κ1) is 29.8. The van der Waals surface area contributed by atoms with Gasteiger partial charge in [-0.1, -0.05) is 12.6 Å². The molecule has 12 nitrogen and oxygen atoms in total. The number of amides is 1. The van der Waals surface area contributed by atoms with Gasteiger partial charge in [-0.25, -0.2) is 15.0 Å². The van der Waals surface area contributed by atoms with Gasteiger partial charge in [0.15, 0.2) is 5.82 Å². The molecule has 44 heavy (non-hydrogen) atoms. The van der Waals surface area contributed by atoms with E-state index in [4.69, 9.17) is 14.3 Å². The Morgan fingerprint density at radius 3 is 2.57 bits per heavy atom. The van der Waals surface area contributed by atoms with Gasteiger partial charge in [-0.2, -0.15) is 0 Å². The van der Waals surface area contributed by atoms with Crippen molar-refractivity contribution in [2.45, 2.75) is 38.3 Å². The number of piperidine rings is 1. The lowest BCUT2D eigenvalue weighted by Crippen LogP contribution is -2.49. The molecule has 2 aromatic heterocycles. The Kier molecular flexibility index (Phi) is 9.20. The van der Waals surface area contributed by atoms with Crippen molar-refractivity contribution in [2.24, 2.45) is 0 Å². The molecule has 1 atom stereocenters. The standard InChI is InChI=1S/C32H40N8O4/c1-4-32(41)37-25-17-26(29(42-3)18-28(25)39-10-7-24(8-11-39)38-12-15-43-16-13-38)36-30-19-31(35-21-34-30)40-27(9-14-44-40)23-6-5-22(2)33-20-23/h4-6,17-21,24,27H,1,7-16H2,2-3H3,(H,37,41)(H,34,35,36)/t27-/m1/s1. The van der Waals surface area contributed by atoms with E-state index in [2.05, 4.69) is 48.0 Å². The SMILES string of the molecule is C=CC(=O)Nc1cc(Nc2cc(N3OCC[C@@H]3c3ccc(C)nc3)ncn2)c(OC)cc1N1CCC(N2CCOCC2)CC1. The molecule has 0 aliphatic carbocycles. The molecule has 0 saturated carbocycles. The van der Waals surface area contributed by atoms with Crippen molar-refractivity contribution in [1.82, 2.24) is 19.9 Å². The molecule has 3 aromatic rings. The number of hydroxylamine groups is 1. The minimum absolute atomic E-state index is 0.00669. The van der Waals surface area contributed by atoms with Gasteiger partial charge < -0.3 is 25.0 Å². The Bertz CT molecular complexity index is 1460. The smallest absolute Gasteiger partial charge is 0.247 e. The van der Waals surface area contributed by atoms with Crippen molar-refractivity contribution in [3.8, 4) is 5.75 Å². The molecule has 1 amide bonds. The van der Waals surface area contributed by atoms with Crippen LogP contribution in [-0.4, -0.2) is 84.9 Å². The zero-order valence-electron chi connectivity index (χ0n) is 25.4. The summed E-state index contributed by atoms with van der Waals surface area (Å²) in [5.41, 5.74) is 4.27. The van der Waals surface area contributed by atoms with Crippen molar-refractivity contribution in [2.75, 3.05) is 73.7 Å². The van der Waals surface area contributed by atoms with Gasteiger partial charge in [-0.15, -0.1) is 0 Å². The quantitative estimate of drug-likeness (QED) is 0.344. The number of methoxy groups -OCH3 is 1. The number of nitrogens with zero attached hydrogens (tertiary/aromatic N) is 6. The van der Waals surface area contributed by atoms with E-state index in [0.29, 0.717) is 41.4 Å². The largest absolute Gasteiger partial charge is 0.494 e. The Balaban J connectivity index is 1.23. The second-order valence-corrected chi connectivity index (χ2v) is 11.2. The third kappa shape index (κ3) is 6.62. The Morgan fingerprint density at radius 2 is 1.84 bits per heavy atom. The maximum absolute atomic E-state index is 12.5. The monoisotopic (exact) mass is 600 g/mol. The summed E-state index contributed by atoms with van der Waals surface area (Å²) in [6, 6.07) is 10.3. The third-order valence-corrected chi connectivity index (χ3v) is 8.49. The summed E-state index contributed by atoms with van der Waals surface area (Å²) in [6.07, 6.45) is 7.57. The lowest BCUT2D eigenvalue weighted by atomic mass is 10.0. The molecule has 1 aromatic carbocycles. The van der Waals surface area contributed by atoms with Crippen LogP contribution in [0.2, 0.25) is 0 Å². The molecule has 0 radical (unpaired) electrons. The second kappa shape index (κ2) is 13.6. The number of aryl methyl sites for hydroxylation is 1. The third-order valence-electron chi connectivity index (χ3n) is 8.49. The number of morpholine rings is 1. The summed E-state index contributed by atoms with van der Waals surface area (Å²) in [4.78, 5) is 36.7. The Hall–Kier alpha value is -4.26. The van der Waals surface area contributed by atoms with Gasteiger partial charge in [0.05, 0.1) is 50.0 Å². The number of benzene rings is 1. The van der Waals surface area contributed by atoms with Crippen LogP contribution in [-0.2, 0) is 14.4 Å². The molecule has 232 valence electrons. The van der Waals surface area contributed by atoms with Crippen molar-refractivity contribution in [1.29, 1.82) is 0 Å². The Morgan fingerprint density at radius 1 is 1.02 bits per heavy atom. The first-order valence-corrected chi connectivity index (χ1v) is 15.2. The Labute approximate surface area is 258 Å². The highest BCUT2D eigenvalue weighted by atomic mass is 16.7. The zero-order chi connectivity index (χ0) is 30.5. The van der Waals surface area contributed by atoms with Crippen LogP contribution in [0.5, 0.6) is 5.75 Å². The fourth-order valence-corrected chi connectivity index (χ4v) is 6.14. The minimum Gasteiger partial charge on any atom is -0.494 e. The molecule has 5 heterocycles. The number of rotatable bonds is 9. The maximum Gasteiger partial charge on any atom is 0.247 e. The molecule has 0 unspecified atom stereocenters. The van der Waals surface area contributed by atoms with E-state index in [0.717, 1.165) is 75.6 Å². The van der Waals surface area contributed by atoms with E-state index in [9.17, 15) is 4.79 Å². The van der Waals surface area contributed by atoms with Gasteiger partial charge in [0.1, 0.15) is 17.9 Å². The summed E-state index contributed by atoms with van der Waals surface area (Å²) >= 11 is 0. The zero-order valence-corrected chi connectivity index (χ0v) is 25.4. The van der Waals surface area contributed by atoms with Crippen LogP contribution < -0.4 is 25.3 Å². The highest BCUT2D eigenvalue weighted by molar-refractivity contribution is 6.02. The fourth-order valence-electron chi connectivity index (χ4n) is 6.14. The molecule has 3 aliphatic heterocycles. The van der Waals surface area contributed by atoms with E-state index >= 15 is 0 Å².